The summed E-state index contributed by atoms with van der Waals surface area (Å²) in [7, 11) is 1.49. The summed E-state index contributed by atoms with van der Waals surface area (Å²) in [5.74, 6) is 0.411. The third-order valence-electron chi connectivity index (χ3n) is 4.90. The number of pyridine rings is 1. The van der Waals surface area contributed by atoms with Gasteiger partial charge in [0.25, 0.3) is 0 Å². The molecule has 0 aliphatic heterocycles. The van der Waals surface area contributed by atoms with Crippen molar-refractivity contribution in [2.45, 2.75) is 26.9 Å². The minimum atomic E-state index is -0.462. The number of benzene rings is 2. The van der Waals surface area contributed by atoms with Crippen LogP contribution in [0, 0.1) is 5.92 Å². The number of esters is 1. The first-order chi connectivity index (χ1) is 15.5. The molecule has 3 aromatic rings. The molecule has 5 heteroatoms. The molecule has 0 spiro atoms. The van der Waals surface area contributed by atoms with Crippen molar-refractivity contribution in [3.63, 3.8) is 0 Å². The van der Waals surface area contributed by atoms with Crippen molar-refractivity contribution in [3.8, 4) is 17.0 Å². The average molecular weight is 430 g/mol. The Morgan fingerprint density at radius 2 is 1.78 bits per heavy atom. The number of nitrogens with zero attached hydrogens (tertiary/aromatic N) is 1. The molecule has 0 N–H and O–H groups in total. The van der Waals surface area contributed by atoms with Crippen LogP contribution in [-0.4, -0.2) is 24.3 Å². The predicted octanol–water partition coefficient (Wildman–Crippen LogP) is 5.99. The summed E-state index contributed by atoms with van der Waals surface area (Å²) in [5, 5.41) is 0. The Morgan fingerprint density at radius 1 is 1.03 bits per heavy atom. The van der Waals surface area contributed by atoms with E-state index in [1.165, 1.54) is 7.11 Å². The van der Waals surface area contributed by atoms with Gasteiger partial charge in [-0.15, -0.1) is 0 Å². The number of allylic oxidation sites excluding steroid dienone is 1. The molecule has 5 nitrogen and oxygen atoms in total. The molecule has 164 valence electrons. The lowest BCUT2D eigenvalue weighted by molar-refractivity contribution is 0.0473. The molecule has 0 fully saturated rings. The second-order valence-corrected chi connectivity index (χ2v) is 7.80. The lowest BCUT2D eigenvalue weighted by Gasteiger charge is -2.13. The summed E-state index contributed by atoms with van der Waals surface area (Å²) >= 11 is 0. The molecule has 32 heavy (non-hydrogen) atoms. The summed E-state index contributed by atoms with van der Waals surface area (Å²) in [4.78, 5) is 29.0. The molecule has 0 unspecified atom stereocenters. The van der Waals surface area contributed by atoms with E-state index in [4.69, 9.17) is 9.47 Å². The Morgan fingerprint density at radius 3 is 2.47 bits per heavy atom. The van der Waals surface area contributed by atoms with Crippen LogP contribution >= 0.6 is 0 Å². The Balaban J connectivity index is 1.99. The second kappa shape index (κ2) is 11.0. The number of carbonyl (C=O) groups is 2. The first-order valence-corrected chi connectivity index (χ1v) is 10.5. The van der Waals surface area contributed by atoms with E-state index in [0.29, 0.717) is 34.8 Å². The largest absolute Gasteiger partial charge is 0.481 e. The molecule has 0 saturated heterocycles. The normalized spacial score (nSPS) is 11.0. The van der Waals surface area contributed by atoms with Gasteiger partial charge < -0.3 is 9.47 Å². The van der Waals surface area contributed by atoms with Crippen LogP contribution in [0.5, 0.6) is 5.88 Å². The number of hydrogen-bond acceptors (Lipinski definition) is 5. The van der Waals surface area contributed by atoms with Crippen LogP contribution in [0.2, 0.25) is 0 Å². The first kappa shape index (κ1) is 22.9. The molecule has 1 aromatic heterocycles. The fraction of sp³-hybridized carbons (Fsp3) is 0.222. The average Bonchev–Trinajstić information content (AvgIpc) is 2.82. The fourth-order valence-corrected chi connectivity index (χ4v) is 3.23. The van der Waals surface area contributed by atoms with E-state index in [0.717, 1.165) is 17.5 Å². The quantitative estimate of drug-likeness (QED) is 0.309. The number of methoxy groups -OCH3 is 1. The molecule has 1 heterocycles. The van der Waals surface area contributed by atoms with Crippen molar-refractivity contribution in [2.75, 3.05) is 7.11 Å². The maximum absolute atomic E-state index is 13.1. The van der Waals surface area contributed by atoms with Crippen LogP contribution < -0.4 is 4.74 Å². The summed E-state index contributed by atoms with van der Waals surface area (Å²) < 4.78 is 10.7. The minimum Gasteiger partial charge on any atom is -0.481 e. The van der Waals surface area contributed by atoms with Gasteiger partial charge in [-0.05, 0) is 41.2 Å². The molecule has 3 rings (SSSR count). The van der Waals surface area contributed by atoms with Gasteiger partial charge in [0.05, 0.1) is 12.7 Å². The van der Waals surface area contributed by atoms with Gasteiger partial charge in [0, 0.05) is 11.6 Å². The standard InChI is InChI=1S/C27H27NO4/c1-19(2)8-7-11-20-12-13-22(23-14-15-26(31-3)28-25(23)17-29)24(16-20)27(30)32-18-21-9-5-4-6-10-21/h4-7,9-17,19H,8,18H2,1-3H3/b11-7+. The topological polar surface area (TPSA) is 65.5 Å². The van der Waals surface area contributed by atoms with Gasteiger partial charge in [-0.3, -0.25) is 4.79 Å². The number of aromatic nitrogens is 1. The van der Waals surface area contributed by atoms with Crippen LogP contribution in [-0.2, 0) is 11.3 Å². The van der Waals surface area contributed by atoms with Gasteiger partial charge in [-0.2, -0.15) is 0 Å². The molecular weight excluding hydrogens is 402 g/mol. The van der Waals surface area contributed by atoms with E-state index in [9.17, 15) is 9.59 Å². The highest BCUT2D eigenvalue weighted by atomic mass is 16.5. The zero-order valence-corrected chi connectivity index (χ0v) is 18.6. The van der Waals surface area contributed by atoms with Gasteiger partial charge >= 0.3 is 5.97 Å². The van der Waals surface area contributed by atoms with Crippen molar-refractivity contribution in [1.82, 2.24) is 4.98 Å². The minimum absolute atomic E-state index is 0.161. The van der Waals surface area contributed by atoms with Gasteiger partial charge in [0.2, 0.25) is 5.88 Å². The van der Waals surface area contributed by atoms with E-state index >= 15 is 0 Å². The van der Waals surface area contributed by atoms with Crippen LogP contribution in [0.1, 0.15) is 52.2 Å². The highest BCUT2D eigenvalue weighted by Crippen LogP contribution is 2.29. The highest BCUT2D eigenvalue weighted by molar-refractivity contribution is 6.00. The fourth-order valence-electron chi connectivity index (χ4n) is 3.23. The van der Waals surface area contributed by atoms with Crippen LogP contribution in [0.3, 0.4) is 0 Å². The number of hydrogen-bond donors (Lipinski definition) is 0. The Hall–Kier alpha value is -3.73. The number of aldehydes is 1. The van der Waals surface area contributed by atoms with Crippen molar-refractivity contribution < 1.29 is 19.1 Å². The smallest absolute Gasteiger partial charge is 0.339 e. The maximum atomic E-state index is 13.1. The monoisotopic (exact) mass is 429 g/mol. The van der Waals surface area contributed by atoms with Crippen molar-refractivity contribution in [2.24, 2.45) is 5.92 Å². The zero-order valence-electron chi connectivity index (χ0n) is 18.6. The third-order valence-corrected chi connectivity index (χ3v) is 4.90. The SMILES string of the molecule is COc1ccc(-c2ccc(/C=C/CC(C)C)cc2C(=O)OCc2ccccc2)c(C=O)n1. The van der Waals surface area contributed by atoms with Gasteiger partial charge in [0.1, 0.15) is 12.3 Å². The molecule has 0 bridgehead atoms. The number of ether oxygens (including phenoxy) is 2. The van der Waals surface area contributed by atoms with Crippen molar-refractivity contribution >= 4 is 18.3 Å². The van der Waals surface area contributed by atoms with E-state index < -0.39 is 5.97 Å². The van der Waals surface area contributed by atoms with E-state index in [-0.39, 0.29) is 12.3 Å². The van der Waals surface area contributed by atoms with E-state index in [1.807, 2.05) is 48.5 Å². The van der Waals surface area contributed by atoms with Crippen molar-refractivity contribution in [1.29, 1.82) is 0 Å². The molecule has 0 aliphatic carbocycles. The van der Waals surface area contributed by atoms with Crippen LogP contribution in [0.4, 0.5) is 0 Å². The maximum Gasteiger partial charge on any atom is 0.339 e. The summed E-state index contributed by atoms with van der Waals surface area (Å²) in [6.45, 7) is 4.46. The first-order valence-electron chi connectivity index (χ1n) is 10.5. The van der Waals surface area contributed by atoms with Gasteiger partial charge in [-0.25, -0.2) is 9.78 Å². The van der Waals surface area contributed by atoms with Crippen LogP contribution in [0.25, 0.3) is 17.2 Å². The highest BCUT2D eigenvalue weighted by Gasteiger charge is 2.18. The zero-order chi connectivity index (χ0) is 22.9. The molecular formula is C27H27NO4. The van der Waals surface area contributed by atoms with Gasteiger partial charge in [-0.1, -0.05) is 68.5 Å². The Labute approximate surface area is 188 Å². The molecule has 0 saturated carbocycles. The lowest BCUT2D eigenvalue weighted by Crippen LogP contribution is -2.08. The summed E-state index contributed by atoms with van der Waals surface area (Å²) in [6, 6.07) is 18.4. The van der Waals surface area contributed by atoms with Crippen molar-refractivity contribution in [3.05, 3.63) is 89.1 Å². The number of rotatable bonds is 9. The molecule has 2 aromatic carbocycles. The van der Waals surface area contributed by atoms with Gasteiger partial charge in [0.15, 0.2) is 6.29 Å². The molecule has 0 aliphatic rings. The molecule has 0 radical (unpaired) electrons. The second-order valence-electron chi connectivity index (χ2n) is 7.80. The van der Waals surface area contributed by atoms with Crippen LogP contribution in [0.15, 0.2) is 66.7 Å². The Kier molecular flexibility index (Phi) is 7.92. The Bertz CT molecular complexity index is 1100. The predicted molar refractivity (Wildman–Crippen MR) is 126 cm³/mol. The van der Waals surface area contributed by atoms with E-state index in [1.54, 1.807) is 18.2 Å². The molecule has 0 amide bonds. The number of carbonyl (C=O) groups excluding carboxylic acids is 2. The summed E-state index contributed by atoms with van der Waals surface area (Å²) in [6.07, 6.45) is 5.68. The third kappa shape index (κ3) is 5.91. The van der Waals surface area contributed by atoms with E-state index in [2.05, 4.69) is 24.9 Å². The summed E-state index contributed by atoms with van der Waals surface area (Å²) in [5.41, 5.74) is 3.49. The molecule has 0 atom stereocenters. The lowest BCUT2D eigenvalue weighted by atomic mass is 9.96.